The number of halogens is 3. The first-order chi connectivity index (χ1) is 3.73. The van der Waals surface area contributed by atoms with Crippen LogP contribution in [0.4, 0.5) is 8.78 Å². The molecule has 0 saturated carbocycles. The van der Waals surface area contributed by atoms with E-state index in [0.29, 0.717) is 0 Å². The molecule has 0 aromatic carbocycles. The number of rotatable bonds is 0. The zero-order valence-corrected chi connectivity index (χ0v) is 7.41. The Morgan fingerprint density at radius 2 is 1.22 bits per heavy atom. The molecule has 0 aliphatic carbocycles. The van der Waals surface area contributed by atoms with Crippen LogP contribution < -0.4 is 0 Å². The van der Waals surface area contributed by atoms with Gasteiger partial charge in [0.25, 0.3) is 6.08 Å². The summed E-state index contributed by atoms with van der Waals surface area (Å²) in [7, 11) is 0. The maximum atomic E-state index is 10.1. The zero-order chi connectivity index (χ0) is 7.58. The van der Waals surface area contributed by atoms with Gasteiger partial charge in [0, 0.05) is 0 Å². The summed E-state index contributed by atoms with van der Waals surface area (Å²) in [6, 6.07) is 0. The van der Waals surface area contributed by atoms with Crippen molar-refractivity contribution in [2.45, 2.75) is 0 Å². The third kappa shape index (κ3) is 324000. The molecule has 0 saturated heterocycles. The fourth-order valence-corrected chi connectivity index (χ4v) is 0. The lowest BCUT2D eigenvalue weighted by molar-refractivity contribution is 0.426. The average molecular weight is 252 g/mol. The van der Waals surface area contributed by atoms with E-state index in [-0.39, 0.29) is 5.48 Å². The molecule has 0 radical (unpaired) electrons. The molecule has 0 heterocycles. The van der Waals surface area contributed by atoms with Crippen LogP contribution in [-0.2, 0) is 0 Å². The zero-order valence-electron chi connectivity index (χ0n) is 5.26. The standard InChI is InChI=1S/C2H2F2.C2H4.CH3I.H2O/c1-2(3)4;2*1-2;/h1H2;1-2H2;1H3;1H2. The van der Waals surface area contributed by atoms with Crippen LogP contribution in [0, 0.1) is 0 Å². The first-order valence-corrected chi connectivity index (χ1v) is 3.77. The quantitative estimate of drug-likeness (QED) is 0.360. The van der Waals surface area contributed by atoms with Crippen LogP contribution in [0.1, 0.15) is 0 Å². The van der Waals surface area contributed by atoms with E-state index in [1.807, 2.05) is 4.93 Å². The topological polar surface area (TPSA) is 31.5 Å². The SMILES string of the molecule is C=C.C=C(F)F.CI.O. The van der Waals surface area contributed by atoms with Crippen LogP contribution in [0.25, 0.3) is 0 Å². The molecule has 0 unspecified atom stereocenters. The third-order valence-electron chi connectivity index (χ3n) is 0. The van der Waals surface area contributed by atoms with Crippen molar-refractivity contribution in [3.8, 4) is 0 Å². The molecular weight excluding hydrogens is 241 g/mol. The predicted octanol–water partition coefficient (Wildman–Crippen LogP) is 2.43. The van der Waals surface area contributed by atoms with Crippen LogP contribution in [0.2, 0.25) is 0 Å². The van der Waals surface area contributed by atoms with Crippen molar-refractivity contribution in [3.63, 3.8) is 0 Å². The molecule has 0 atom stereocenters. The van der Waals surface area contributed by atoms with Gasteiger partial charge in [0.05, 0.1) is 0 Å². The second-order valence-electron chi connectivity index (χ2n) is 0.339. The highest BCUT2D eigenvalue weighted by Gasteiger charge is 1.65. The molecule has 0 aromatic rings. The summed E-state index contributed by atoms with van der Waals surface area (Å²) >= 11 is 2.15. The Morgan fingerprint density at radius 1 is 1.22 bits per heavy atom. The van der Waals surface area contributed by atoms with Gasteiger partial charge in [-0.2, -0.15) is 8.78 Å². The largest absolute Gasteiger partial charge is 0.412 e. The number of hydrogen-bond donors (Lipinski definition) is 0. The lowest BCUT2D eigenvalue weighted by atomic mass is 11.2. The van der Waals surface area contributed by atoms with E-state index in [9.17, 15) is 8.78 Å². The number of hydrogen-bond acceptors (Lipinski definition) is 0. The van der Waals surface area contributed by atoms with Crippen molar-refractivity contribution in [1.82, 2.24) is 0 Å². The first kappa shape index (κ1) is 23.0. The van der Waals surface area contributed by atoms with Gasteiger partial charge in [-0.25, -0.2) is 0 Å². The van der Waals surface area contributed by atoms with E-state index < -0.39 is 6.08 Å². The summed E-state index contributed by atoms with van der Waals surface area (Å²) in [6.45, 7) is 8.22. The molecule has 0 rings (SSSR count). The van der Waals surface area contributed by atoms with E-state index in [0.717, 1.165) is 0 Å². The Balaban J connectivity index is -0.0000000221. The normalized spacial score (nSPS) is 4.00. The molecule has 2 N–H and O–H groups in total. The van der Waals surface area contributed by atoms with Crippen molar-refractivity contribution >= 4 is 22.6 Å². The minimum Gasteiger partial charge on any atom is -0.412 e. The highest BCUT2D eigenvalue weighted by molar-refractivity contribution is 14.1. The Hall–Kier alpha value is 0.0300. The lowest BCUT2D eigenvalue weighted by Gasteiger charge is -1.54. The molecule has 0 spiro atoms. The molecular formula is C5H11F2IO. The maximum Gasteiger partial charge on any atom is 0.263 e. The minimum atomic E-state index is -1.83. The molecule has 0 fully saturated rings. The van der Waals surface area contributed by atoms with Crippen LogP contribution in [0.3, 0.4) is 0 Å². The van der Waals surface area contributed by atoms with Gasteiger partial charge < -0.3 is 5.48 Å². The van der Waals surface area contributed by atoms with Crippen LogP contribution in [-0.4, -0.2) is 10.4 Å². The first-order valence-electron chi connectivity index (χ1n) is 1.61. The van der Waals surface area contributed by atoms with Gasteiger partial charge in [0.15, 0.2) is 0 Å². The van der Waals surface area contributed by atoms with Crippen molar-refractivity contribution in [2.75, 3.05) is 4.93 Å². The van der Waals surface area contributed by atoms with Crippen molar-refractivity contribution in [1.29, 1.82) is 0 Å². The summed E-state index contributed by atoms with van der Waals surface area (Å²) in [5.74, 6) is 0. The van der Waals surface area contributed by atoms with E-state index >= 15 is 0 Å². The summed E-state index contributed by atoms with van der Waals surface area (Å²) in [5.41, 5.74) is 0. The molecule has 0 aromatic heterocycles. The minimum absolute atomic E-state index is 0. The summed E-state index contributed by atoms with van der Waals surface area (Å²) in [6.07, 6.45) is -1.83. The fraction of sp³-hybridized carbons (Fsp3) is 0.200. The fourth-order valence-electron chi connectivity index (χ4n) is 0. The average Bonchev–Trinajstić information content (AvgIpc) is 1.75. The molecule has 4 heteroatoms. The molecule has 1 nitrogen and oxygen atoms in total. The lowest BCUT2D eigenvalue weighted by Crippen LogP contribution is -1.33. The second-order valence-corrected chi connectivity index (χ2v) is 0.339. The van der Waals surface area contributed by atoms with Gasteiger partial charge in [0.2, 0.25) is 0 Å². The Morgan fingerprint density at radius 3 is 1.22 bits per heavy atom. The smallest absolute Gasteiger partial charge is 0.263 e. The van der Waals surface area contributed by atoms with Crippen LogP contribution >= 0.6 is 22.6 Å². The Labute approximate surface area is 67.9 Å². The molecule has 9 heavy (non-hydrogen) atoms. The molecule has 0 aliphatic rings. The number of alkyl halides is 1. The second kappa shape index (κ2) is 43.2. The highest BCUT2D eigenvalue weighted by atomic mass is 127. The van der Waals surface area contributed by atoms with Crippen molar-refractivity contribution < 1.29 is 14.3 Å². The predicted molar refractivity (Wildman–Crippen MR) is 46.2 cm³/mol. The van der Waals surface area contributed by atoms with Gasteiger partial charge in [-0.1, -0.05) is 22.6 Å². The van der Waals surface area contributed by atoms with Gasteiger partial charge in [-0.3, -0.25) is 0 Å². The summed E-state index contributed by atoms with van der Waals surface area (Å²) in [4.78, 5) is 1.97. The molecule has 58 valence electrons. The third-order valence-corrected chi connectivity index (χ3v) is 0. The van der Waals surface area contributed by atoms with E-state index in [1.54, 1.807) is 0 Å². The Bertz CT molecular complexity index is 46.2. The monoisotopic (exact) mass is 252 g/mol. The van der Waals surface area contributed by atoms with E-state index in [2.05, 4.69) is 42.3 Å². The van der Waals surface area contributed by atoms with Crippen molar-refractivity contribution in [2.24, 2.45) is 0 Å². The molecule has 0 aliphatic heterocycles. The summed E-state index contributed by atoms with van der Waals surface area (Å²) in [5, 5.41) is 0. The highest BCUT2D eigenvalue weighted by Crippen LogP contribution is 1.85. The van der Waals surface area contributed by atoms with Gasteiger partial charge in [-0.15, -0.1) is 13.2 Å². The summed E-state index contributed by atoms with van der Waals surface area (Å²) < 4.78 is 20.3. The Kier molecular flexibility index (Phi) is 111. The van der Waals surface area contributed by atoms with Gasteiger partial charge in [-0.05, 0) is 11.5 Å². The van der Waals surface area contributed by atoms with Crippen LogP contribution in [0.15, 0.2) is 25.8 Å². The van der Waals surface area contributed by atoms with E-state index in [4.69, 9.17) is 0 Å². The van der Waals surface area contributed by atoms with Crippen LogP contribution in [0.5, 0.6) is 0 Å². The van der Waals surface area contributed by atoms with Gasteiger partial charge in [0.1, 0.15) is 0 Å². The van der Waals surface area contributed by atoms with Gasteiger partial charge >= 0.3 is 0 Å². The molecule has 0 amide bonds. The maximum absolute atomic E-state index is 10.1. The van der Waals surface area contributed by atoms with E-state index in [1.165, 1.54) is 0 Å². The van der Waals surface area contributed by atoms with Crippen molar-refractivity contribution in [3.05, 3.63) is 25.8 Å². The molecule has 0 bridgehead atoms.